The summed E-state index contributed by atoms with van der Waals surface area (Å²) < 4.78 is 78.3. The van der Waals surface area contributed by atoms with E-state index in [1.54, 1.807) is 0 Å². The number of nitriles is 1. The number of rotatable bonds is 2. The van der Waals surface area contributed by atoms with Crippen molar-refractivity contribution in [1.29, 1.82) is 5.26 Å². The molecule has 2 rings (SSSR count). The first kappa shape index (κ1) is 16.6. The lowest BCUT2D eigenvalue weighted by Gasteiger charge is -2.11. The molecular weight excluding hydrogens is 326 g/mol. The number of nitrogens with zero attached hydrogens (tertiary/aromatic N) is 2. The average Bonchev–Trinajstić information content (AvgIpc) is 2.45. The fraction of sp³-hybridized carbons (Fsp3) is 0.143. The first-order chi connectivity index (χ1) is 10.6. The van der Waals surface area contributed by atoms with E-state index in [1.165, 1.54) is 6.07 Å². The van der Waals surface area contributed by atoms with Crippen molar-refractivity contribution in [1.82, 2.24) is 4.98 Å². The van der Waals surface area contributed by atoms with Gasteiger partial charge in [-0.05, 0) is 23.8 Å². The Hall–Kier alpha value is -2.76. The van der Waals surface area contributed by atoms with Crippen LogP contribution in [0.3, 0.4) is 0 Å². The van der Waals surface area contributed by atoms with Crippen molar-refractivity contribution in [3.05, 3.63) is 47.8 Å². The molecule has 1 heterocycles. The zero-order chi connectivity index (χ0) is 17.3. The first-order valence-corrected chi connectivity index (χ1v) is 5.93. The summed E-state index contributed by atoms with van der Waals surface area (Å²) >= 11 is 0. The molecule has 0 saturated carbocycles. The molecule has 2 aromatic rings. The van der Waals surface area contributed by atoms with Gasteiger partial charge < -0.3 is 4.74 Å². The van der Waals surface area contributed by atoms with Gasteiger partial charge in [0.15, 0.2) is 5.69 Å². The molecule has 0 spiro atoms. The fourth-order valence-electron chi connectivity index (χ4n) is 1.78. The molecule has 1 aromatic carbocycles. The Kier molecular flexibility index (Phi) is 4.18. The number of hydrogen-bond acceptors (Lipinski definition) is 3. The van der Waals surface area contributed by atoms with Gasteiger partial charge in [-0.1, -0.05) is 12.1 Å². The van der Waals surface area contributed by atoms with Crippen LogP contribution in [0, 0.1) is 11.3 Å². The SMILES string of the molecule is N#Cc1ncc(-c2ccc(OC(F)(F)F)cc2)cc1C(F)(F)F. The van der Waals surface area contributed by atoms with Crippen LogP contribution in [0.1, 0.15) is 11.3 Å². The summed E-state index contributed by atoms with van der Waals surface area (Å²) in [5.41, 5.74) is -1.79. The molecule has 0 atom stereocenters. The normalized spacial score (nSPS) is 11.9. The van der Waals surface area contributed by atoms with Gasteiger partial charge >= 0.3 is 12.5 Å². The maximum absolute atomic E-state index is 12.8. The summed E-state index contributed by atoms with van der Waals surface area (Å²) in [7, 11) is 0. The monoisotopic (exact) mass is 332 g/mol. The van der Waals surface area contributed by atoms with Gasteiger partial charge in [0.25, 0.3) is 0 Å². The van der Waals surface area contributed by atoms with Crippen LogP contribution in [0.5, 0.6) is 5.75 Å². The summed E-state index contributed by atoms with van der Waals surface area (Å²) in [6.07, 6.45) is -8.60. The second-order valence-electron chi connectivity index (χ2n) is 4.30. The third kappa shape index (κ3) is 4.12. The Labute approximate surface area is 125 Å². The van der Waals surface area contributed by atoms with E-state index in [4.69, 9.17) is 5.26 Å². The van der Waals surface area contributed by atoms with Crippen molar-refractivity contribution in [3.63, 3.8) is 0 Å². The van der Waals surface area contributed by atoms with E-state index in [9.17, 15) is 26.3 Å². The maximum Gasteiger partial charge on any atom is 0.573 e. The first-order valence-electron chi connectivity index (χ1n) is 5.93. The molecule has 0 bridgehead atoms. The third-order valence-electron chi connectivity index (χ3n) is 2.72. The number of alkyl halides is 6. The number of benzene rings is 1. The largest absolute Gasteiger partial charge is 0.573 e. The predicted octanol–water partition coefficient (Wildman–Crippen LogP) is 4.54. The minimum absolute atomic E-state index is 0.00915. The standard InChI is InChI=1S/C14H6F6N2O/c15-13(16,17)11-5-9(7-22-12(11)6-21)8-1-3-10(4-2-8)23-14(18,19)20/h1-5,7H. The van der Waals surface area contributed by atoms with Gasteiger partial charge in [-0.3, -0.25) is 0 Å². The number of hydrogen-bond donors (Lipinski definition) is 0. The smallest absolute Gasteiger partial charge is 0.406 e. The van der Waals surface area contributed by atoms with Crippen molar-refractivity contribution < 1.29 is 31.1 Å². The van der Waals surface area contributed by atoms with E-state index >= 15 is 0 Å². The topological polar surface area (TPSA) is 45.9 Å². The van der Waals surface area contributed by atoms with Crippen molar-refractivity contribution >= 4 is 0 Å². The van der Waals surface area contributed by atoms with Crippen molar-refractivity contribution in [2.75, 3.05) is 0 Å². The summed E-state index contributed by atoms with van der Waals surface area (Å²) in [6.45, 7) is 0. The molecule has 0 radical (unpaired) electrons. The molecule has 1 aromatic heterocycles. The highest BCUT2D eigenvalue weighted by Gasteiger charge is 2.35. The van der Waals surface area contributed by atoms with Crippen LogP contribution in [0.25, 0.3) is 11.1 Å². The molecule has 0 aliphatic rings. The Morgan fingerprint density at radius 3 is 2.04 bits per heavy atom. The quantitative estimate of drug-likeness (QED) is 0.759. The Morgan fingerprint density at radius 2 is 1.57 bits per heavy atom. The maximum atomic E-state index is 12.8. The fourth-order valence-corrected chi connectivity index (χ4v) is 1.78. The molecular formula is C14H6F6N2O. The Morgan fingerprint density at radius 1 is 0.957 bits per heavy atom. The summed E-state index contributed by atoms with van der Waals surface area (Å²) in [5.74, 6) is -0.501. The summed E-state index contributed by atoms with van der Waals surface area (Å²) in [5, 5.41) is 8.65. The van der Waals surface area contributed by atoms with Gasteiger partial charge in [0.1, 0.15) is 11.8 Å². The van der Waals surface area contributed by atoms with Gasteiger partial charge in [-0.2, -0.15) is 18.4 Å². The Balaban J connectivity index is 2.38. The van der Waals surface area contributed by atoms with E-state index < -0.39 is 29.5 Å². The molecule has 0 amide bonds. The van der Waals surface area contributed by atoms with Gasteiger partial charge in [0.05, 0.1) is 5.56 Å². The molecule has 9 heteroatoms. The van der Waals surface area contributed by atoms with E-state index in [1.807, 2.05) is 0 Å². The third-order valence-corrected chi connectivity index (χ3v) is 2.72. The molecule has 0 aliphatic heterocycles. The van der Waals surface area contributed by atoms with Crippen LogP contribution in [-0.2, 0) is 6.18 Å². The van der Waals surface area contributed by atoms with Crippen LogP contribution < -0.4 is 4.74 Å². The number of pyridine rings is 1. The highest BCUT2D eigenvalue weighted by molar-refractivity contribution is 5.65. The molecule has 0 unspecified atom stereocenters. The highest BCUT2D eigenvalue weighted by atomic mass is 19.4. The van der Waals surface area contributed by atoms with Crippen LogP contribution in [0.4, 0.5) is 26.3 Å². The van der Waals surface area contributed by atoms with Crippen LogP contribution in [0.2, 0.25) is 0 Å². The molecule has 0 N–H and O–H groups in total. The van der Waals surface area contributed by atoms with Gasteiger partial charge in [0, 0.05) is 11.8 Å². The summed E-state index contributed by atoms with van der Waals surface area (Å²) in [6, 6.07) is 6.30. The zero-order valence-corrected chi connectivity index (χ0v) is 11.0. The number of aromatic nitrogens is 1. The van der Waals surface area contributed by atoms with Crippen molar-refractivity contribution in [2.24, 2.45) is 0 Å². The second kappa shape index (κ2) is 5.79. The van der Waals surface area contributed by atoms with E-state index in [0.29, 0.717) is 6.07 Å². The minimum Gasteiger partial charge on any atom is -0.406 e. The molecule has 0 fully saturated rings. The average molecular weight is 332 g/mol. The molecule has 0 saturated heterocycles. The highest BCUT2D eigenvalue weighted by Crippen LogP contribution is 2.34. The van der Waals surface area contributed by atoms with Gasteiger partial charge in [-0.15, -0.1) is 13.2 Å². The lowest BCUT2D eigenvalue weighted by molar-refractivity contribution is -0.274. The molecule has 3 nitrogen and oxygen atoms in total. The van der Waals surface area contributed by atoms with Crippen LogP contribution in [0.15, 0.2) is 36.5 Å². The molecule has 0 aliphatic carbocycles. The predicted molar refractivity (Wildman–Crippen MR) is 66.1 cm³/mol. The number of ether oxygens (including phenoxy) is 1. The number of halogens is 6. The van der Waals surface area contributed by atoms with E-state index in [-0.39, 0.29) is 11.1 Å². The van der Waals surface area contributed by atoms with E-state index in [0.717, 1.165) is 30.5 Å². The van der Waals surface area contributed by atoms with E-state index in [2.05, 4.69) is 9.72 Å². The molecule has 120 valence electrons. The zero-order valence-electron chi connectivity index (χ0n) is 11.0. The van der Waals surface area contributed by atoms with Crippen molar-refractivity contribution in [2.45, 2.75) is 12.5 Å². The van der Waals surface area contributed by atoms with Crippen LogP contribution >= 0.6 is 0 Å². The lowest BCUT2D eigenvalue weighted by atomic mass is 10.0. The van der Waals surface area contributed by atoms with Gasteiger partial charge in [-0.25, -0.2) is 4.98 Å². The minimum atomic E-state index is -4.86. The van der Waals surface area contributed by atoms with Crippen molar-refractivity contribution in [3.8, 4) is 22.9 Å². The molecule has 23 heavy (non-hydrogen) atoms. The summed E-state index contributed by atoms with van der Waals surface area (Å²) in [4.78, 5) is 3.43. The lowest BCUT2D eigenvalue weighted by Crippen LogP contribution is -2.16. The Bertz CT molecular complexity index is 744. The van der Waals surface area contributed by atoms with Crippen LogP contribution in [-0.4, -0.2) is 11.3 Å². The second-order valence-corrected chi connectivity index (χ2v) is 4.30. The van der Waals surface area contributed by atoms with Gasteiger partial charge in [0.2, 0.25) is 0 Å².